The Morgan fingerprint density at radius 1 is 1.33 bits per heavy atom. The molecule has 1 aliphatic heterocycles. The van der Waals surface area contributed by atoms with Crippen molar-refractivity contribution in [3.05, 3.63) is 29.8 Å². The molecule has 1 heterocycles. The van der Waals surface area contributed by atoms with E-state index in [-0.39, 0.29) is 17.4 Å². The van der Waals surface area contributed by atoms with E-state index in [1.807, 2.05) is 19.1 Å². The summed E-state index contributed by atoms with van der Waals surface area (Å²) < 4.78 is 10.9. The van der Waals surface area contributed by atoms with Crippen LogP contribution in [0.2, 0.25) is 0 Å². The number of hydrogen-bond acceptors (Lipinski definition) is 4. The van der Waals surface area contributed by atoms with Gasteiger partial charge >= 0.3 is 0 Å². The summed E-state index contributed by atoms with van der Waals surface area (Å²) in [6, 6.07) is 8.08. The van der Waals surface area contributed by atoms with Crippen LogP contribution < -0.4 is 10.1 Å². The van der Waals surface area contributed by atoms with E-state index in [9.17, 15) is 4.79 Å². The highest BCUT2D eigenvalue weighted by atomic mass is 16.5. The maximum absolute atomic E-state index is 12.6. The Morgan fingerprint density at radius 3 is 2.67 bits per heavy atom. The number of morpholine rings is 1. The number of hydrogen-bond donors (Lipinski definition) is 1. The molecule has 0 spiro atoms. The molecular formula is C19H28N2O3. The normalized spacial score (nSPS) is 21.6. The predicted molar refractivity (Wildman–Crippen MR) is 93.4 cm³/mol. The van der Waals surface area contributed by atoms with Crippen LogP contribution >= 0.6 is 0 Å². The molecule has 5 nitrogen and oxygen atoms in total. The van der Waals surface area contributed by atoms with Crippen LogP contribution in [0.4, 0.5) is 0 Å². The van der Waals surface area contributed by atoms with Crippen LogP contribution in [-0.2, 0) is 14.9 Å². The topological polar surface area (TPSA) is 50.8 Å². The Bertz CT molecular complexity index is 565. The van der Waals surface area contributed by atoms with E-state index in [0.29, 0.717) is 19.8 Å². The lowest BCUT2D eigenvalue weighted by molar-refractivity contribution is -0.128. The maximum Gasteiger partial charge on any atom is 0.237 e. The minimum atomic E-state index is -0.108. The number of benzene rings is 1. The molecule has 1 aromatic carbocycles. The van der Waals surface area contributed by atoms with Crippen LogP contribution in [0.15, 0.2) is 24.3 Å². The summed E-state index contributed by atoms with van der Waals surface area (Å²) in [4.78, 5) is 14.8. The third kappa shape index (κ3) is 3.42. The lowest BCUT2D eigenvalue weighted by Gasteiger charge is -2.43. The quantitative estimate of drug-likeness (QED) is 0.865. The van der Waals surface area contributed by atoms with Crippen LogP contribution in [0.5, 0.6) is 5.75 Å². The first kappa shape index (κ1) is 17.2. The summed E-state index contributed by atoms with van der Waals surface area (Å²) in [5.74, 6) is 1.03. The molecule has 1 amide bonds. The number of rotatable bonds is 6. The van der Waals surface area contributed by atoms with Crippen molar-refractivity contribution in [1.29, 1.82) is 0 Å². The molecule has 0 aromatic heterocycles. The van der Waals surface area contributed by atoms with Gasteiger partial charge in [-0.2, -0.15) is 0 Å². The molecule has 0 radical (unpaired) electrons. The van der Waals surface area contributed by atoms with Crippen molar-refractivity contribution in [2.24, 2.45) is 0 Å². The van der Waals surface area contributed by atoms with E-state index < -0.39 is 0 Å². The van der Waals surface area contributed by atoms with Gasteiger partial charge in [0.1, 0.15) is 5.75 Å². The fraction of sp³-hybridized carbons (Fsp3) is 0.632. The summed E-state index contributed by atoms with van der Waals surface area (Å²) in [5.41, 5.74) is 1.24. The monoisotopic (exact) mass is 332 g/mol. The van der Waals surface area contributed by atoms with E-state index in [0.717, 1.165) is 31.7 Å². The molecule has 0 bridgehead atoms. The van der Waals surface area contributed by atoms with Gasteiger partial charge < -0.3 is 14.8 Å². The zero-order chi connectivity index (χ0) is 17.0. The van der Waals surface area contributed by atoms with Gasteiger partial charge in [-0.15, -0.1) is 0 Å². The summed E-state index contributed by atoms with van der Waals surface area (Å²) in [7, 11) is 1.71. The summed E-state index contributed by atoms with van der Waals surface area (Å²) >= 11 is 0. The second-order valence-electron chi connectivity index (χ2n) is 6.88. The van der Waals surface area contributed by atoms with Gasteiger partial charge in [-0.05, 0) is 25.8 Å². The largest absolute Gasteiger partial charge is 0.496 e. The Kier molecular flexibility index (Phi) is 5.41. The van der Waals surface area contributed by atoms with Gasteiger partial charge in [0.25, 0.3) is 0 Å². The van der Waals surface area contributed by atoms with Gasteiger partial charge in [-0.25, -0.2) is 0 Å². The number of carbonyl (C=O) groups excluding carboxylic acids is 1. The maximum atomic E-state index is 12.6. The highest BCUT2D eigenvalue weighted by Gasteiger charge is 2.41. The van der Waals surface area contributed by atoms with Crippen molar-refractivity contribution >= 4 is 5.91 Å². The van der Waals surface area contributed by atoms with Crippen molar-refractivity contribution < 1.29 is 14.3 Å². The molecule has 1 aromatic rings. The second-order valence-corrected chi connectivity index (χ2v) is 6.88. The fourth-order valence-corrected chi connectivity index (χ4v) is 3.76. The lowest BCUT2D eigenvalue weighted by Crippen LogP contribution is -2.53. The van der Waals surface area contributed by atoms with E-state index in [4.69, 9.17) is 9.47 Å². The second kappa shape index (κ2) is 7.53. The zero-order valence-corrected chi connectivity index (χ0v) is 14.7. The summed E-state index contributed by atoms with van der Waals surface area (Å²) in [6.45, 7) is 5.74. The number of amides is 1. The minimum absolute atomic E-state index is 0.0208. The molecular weight excluding hydrogens is 304 g/mol. The molecule has 3 rings (SSSR count). The molecule has 1 N–H and O–H groups in total. The first-order valence-electron chi connectivity index (χ1n) is 8.89. The average Bonchev–Trinajstić information content (AvgIpc) is 2.61. The molecule has 1 saturated heterocycles. The Balaban J connectivity index is 1.64. The van der Waals surface area contributed by atoms with Crippen molar-refractivity contribution in [3.63, 3.8) is 0 Å². The Hall–Kier alpha value is -1.59. The van der Waals surface area contributed by atoms with E-state index in [2.05, 4.69) is 22.3 Å². The molecule has 2 fully saturated rings. The van der Waals surface area contributed by atoms with Crippen molar-refractivity contribution in [1.82, 2.24) is 10.2 Å². The first-order chi connectivity index (χ1) is 11.7. The van der Waals surface area contributed by atoms with Crippen LogP contribution in [0.3, 0.4) is 0 Å². The van der Waals surface area contributed by atoms with Gasteiger partial charge in [0.05, 0.1) is 26.4 Å². The molecule has 1 unspecified atom stereocenters. The molecule has 1 saturated carbocycles. The third-order valence-electron chi connectivity index (χ3n) is 5.56. The molecule has 5 heteroatoms. The van der Waals surface area contributed by atoms with Crippen LogP contribution in [0.25, 0.3) is 0 Å². The number of carbonyl (C=O) groups is 1. The third-order valence-corrected chi connectivity index (χ3v) is 5.56. The Labute approximate surface area is 144 Å². The van der Waals surface area contributed by atoms with Crippen molar-refractivity contribution in [2.45, 2.75) is 37.6 Å². The SMILES string of the molecule is COc1ccccc1C1(CNC(=O)C(C)N2CCOCC2)CCC1. The van der Waals surface area contributed by atoms with E-state index >= 15 is 0 Å². The van der Waals surface area contributed by atoms with Gasteiger partial charge in [0.15, 0.2) is 0 Å². The number of para-hydroxylation sites is 1. The van der Waals surface area contributed by atoms with E-state index in [1.54, 1.807) is 7.11 Å². The van der Waals surface area contributed by atoms with Gasteiger partial charge in [0, 0.05) is 30.6 Å². The van der Waals surface area contributed by atoms with Crippen molar-refractivity contribution in [3.8, 4) is 5.75 Å². The van der Waals surface area contributed by atoms with Gasteiger partial charge in [0.2, 0.25) is 5.91 Å². The molecule has 132 valence electrons. The van der Waals surface area contributed by atoms with Gasteiger partial charge in [-0.1, -0.05) is 24.6 Å². The highest BCUT2D eigenvalue weighted by Crippen LogP contribution is 2.46. The number of ether oxygens (including phenoxy) is 2. The predicted octanol–water partition coefficient (Wildman–Crippen LogP) is 1.95. The molecule has 2 aliphatic rings. The Morgan fingerprint density at radius 2 is 2.04 bits per heavy atom. The zero-order valence-electron chi connectivity index (χ0n) is 14.7. The van der Waals surface area contributed by atoms with Crippen LogP contribution in [-0.4, -0.2) is 56.8 Å². The smallest absolute Gasteiger partial charge is 0.237 e. The van der Waals surface area contributed by atoms with E-state index in [1.165, 1.54) is 12.0 Å². The molecule has 24 heavy (non-hydrogen) atoms. The minimum Gasteiger partial charge on any atom is -0.496 e. The van der Waals surface area contributed by atoms with Crippen molar-refractivity contribution in [2.75, 3.05) is 40.0 Å². The first-order valence-corrected chi connectivity index (χ1v) is 8.89. The molecule has 1 aliphatic carbocycles. The van der Waals surface area contributed by atoms with Crippen LogP contribution in [0.1, 0.15) is 31.7 Å². The van der Waals surface area contributed by atoms with Gasteiger partial charge in [-0.3, -0.25) is 9.69 Å². The van der Waals surface area contributed by atoms with Crippen LogP contribution in [0, 0.1) is 0 Å². The lowest BCUT2D eigenvalue weighted by atomic mass is 9.64. The number of nitrogens with zero attached hydrogens (tertiary/aromatic N) is 1. The average molecular weight is 332 g/mol. The number of methoxy groups -OCH3 is 1. The highest BCUT2D eigenvalue weighted by molar-refractivity contribution is 5.81. The number of nitrogens with one attached hydrogen (secondary N) is 1. The standard InChI is InChI=1S/C19H28N2O3/c1-15(21-10-12-24-13-11-21)18(22)20-14-19(8-5-9-19)16-6-3-4-7-17(16)23-2/h3-4,6-7,15H,5,8-14H2,1-2H3,(H,20,22). The summed E-state index contributed by atoms with van der Waals surface area (Å²) in [5, 5.41) is 3.20. The summed E-state index contributed by atoms with van der Waals surface area (Å²) in [6.07, 6.45) is 3.39. The fourth-order valence-electron chi connectivity index (χ4n) is 3.76. The molecule has 1 atom stereocenters.